The highest BCUT2D eigenvalue weighted by molar-refractivity contribution is 7.85. The van der Waals surface area contributed by atoms with E-state index in [1.807, 2.05) is 32.1 Å². The van der Waals surface area contributed by atoms with Crippen LogP contribution in [0.2, 0.25) is 0 Å². The van der Waals surface area contributed by atoms with Crippen LogP contribution < -0.4 is 5.73 Å². The molecule has 0 spiro atoms. The Morgan fingerprint density at radius 2 is 2.05 bits per heavy atom. The fourth-order valence-electron chi connectivity index (χ4n) is 2.88. The highest BCUT2D eigenvalue weighted by Crippen LogP contribution is 2.25. The molecule has 1 rings (SSSR count). The van der Waals surface area contributed by atoms with Crippen LogP contribution in [0, 0.1) is 5.92 Å². The zero-order chi connectivity index (χ0) is 15.7. The molecule has 0 aliphatic heterocycles. The summed E-state index contributed by atoms with van der Waals surface area (Å²) in [6.45, 7) is 4.36. The lowest BCUT2D eigenvalue weighted by Crippen LogP contribution is -2.22. The van der Waals surface area contributed by atoms with Gasteiger partial charge in [-0.05, 0) is 51.1 Å². The van der Waals surface area contributed by atoms with Crippen molar-refractivity contribution in [2.45, 2.75) is 63.7 Å². The van der Waals surface area contributed by atoms with Crippen LogP contribution in [0.1, 0.15) is 52.4 Å². The van der Waals surface area contributed by atoms with E-state index in [9.17, 15) is 9.32 Å². The molecule has 3 unspecified atom stereocenters. The number of allylic oxidation sites excluding steroid dienone is 1. The van der Waals surface area contributed by atoms with Crippen LogP contribution in [0.15, 0.2) is 23.8 Å². The third-order valence-electron chi connectivity index (χ3n) is 4.15. The van der Waals surface area contributed by atoms with Crippen LogP contribution in [0.4, 0.5) is 0 Å². The SMILES string of the molecule is C/C=C\C(=C/C(C)S(=O)CC1CCCCC1)C(O)CCN. The van der Waals surface area contributed by atoms with E-state index in [0.29, 0.717) is 18.9 Å². The Hall–Kier alpha value is -0.450. The van der Waals surface area contributed by atoms with Crippen molar-refractivity contribution in [3.05, 3.63) is 23.8 Å². The van der Waals surface area contributed by atoms with Crippen LogP contribution in [0.5, 0.6) is 0 Å². The number of aliphatic hydroxyl groups excluding tert-OH is 1. The van der Waals surface area contributed by atoms with Crippen LogP contribution >= 0.6 is 0 Å². The molecule has 3 nitrogen and oxygen atoms in total. The zero-order valence-corrected chi connectivity index (χ0v) is 14.3. The van der Waals surface area contributed by atoms with Crippen molar-refractivity contribution in [2.24, 2.45) is 11.7 Å². The maximum Gasteiger partial charge on any atom is 0.0799 e. The summed E-state index contributed by atoms with van der Waals surface area (Å²) in [4.78, 5) is 0. The molecule has 0 aromatic rings. The van der Waals surface area contributed by atoms with Crippen LogP contribution in [0.3, 0.4) is 0 Å². The molecule has 0 amide bonds. The summed E-state index contributed by atoms with van der Waals surface area (Å²) in [6.07, 6.45) is 12.1. The summed E-state index contributed by atoms with van der Waals surface area (Å²) >= 11 is 0. The summed E-state index contributed by atoms with van der Waals surface area (Å²) in [5.74, 6) is 1.42. The van der Waals surface area contributed by atoms with Gasteiger partial charge in [-0.2, -0.15) is 0 Å². The van der Waals surface area contributed by atoms with Crippen molar-refractivity contribution in [1.29, 1.82) is 0 Å². The fourth-order valence-corrected chi connectivity index (χ4v) is 4.29. The maximum atomic E-state index is 12.5. The summed E-state index contributed by atoms with van der Waals surface area (Å²) in [7, 11) is -0.860. The summed E-state index contributed by atoms with van der Waals surface area (Å²) in [5.41, 5.74) is 6.35. The van der Waals surface area contributed by atoms with Crippen molar-refractivity contribution >= 4 is 10.8 Å². The minimum atomic E-state index is -0.860. The van der Waals surface area contributed by atoms with E-state index in [4.69, 9.17) is 5.73 Å². The third-order valence-corrected chi connectivity index (χ3v) is 5.92. The second-order valence-corrected chi connectivity index (χ2v) is 7.85. The van der Waals surface area contributed by atoms with Crippen molar-refractivity contribution < 1.29 is 9.32 Å². The molecule has 21 heavy (non-hydrogen) atoms. The summed E-state index contributed by atoms with van der Waals surface area (Å²) in [6, 6.07) is 0. The predicted molar refractivity (Wildman–Crippen MR) is 91.6 cm³/mol. The van der Waals surface area contributed by atoms with Gasteiger partial charge in [0, 0.05) is 16.6 Å². The predicted octanol–water partition coefficient (Wildman–Crippen LogP) is 2.92. The van der Waals surface area contributed by atoms with Gasteiger partial charge in [0.1, 0.15) is 0 Å². The van der Waals surface area contributed by atoms with E-state index < -0.39 is 16.9 Å². The quantitative estimate of drug-likeness (QED) is 0.677. The molecule has 1 fully saturated rings. The first kappa shape index (κ1) is 18.6. The first-order chi connectivity index (χ1) is 10.1. The normalized spacial score (nSPS) is 22.4. The Kier molecular flexibility index (Phi) is 9.13. The summed E-state index contributed by atoms with van der Waals surface area (Å²) in [5, 5.41) is 10.1. The molecule has 1 aliphatic rings. The molecule has 0 aromatic carbocycles. The van der Waals surface area contributed by atoms with Gasteiger partial charge in [-0.15, -0.1) is 0 Å². The highest BCUT2D eigenvalue weighted by atomic mass is 32.2. The maximum absolute atomic E-state index is 12.5. The molecular formula is C17H31NO2S. The Bertz CT molecular complexity index is 373. The minimum absolute atomic E-state index is 0.0226. The van der Waals surface area contributed by atoms with E-state index >= 15 is 0 Å². The number of rotatable bonds is 8. The van der Waals surface area contributed by atoms with Gasteiger partial charge >= 0.3 is 0 Å². The molecular weight excluding hydrogens is 282 g/mol. The molecule has 122 valence electrons. The zero-order valence-electron chi connectivity index (χ0n) is 13.5. The van der Waals surface area contributed by atoms with Gasteiger partial charge in [-0.1, -0.05) is 37.5 Å². The monoisotopic (exact) mass is 313 g/mol. The minimum Gasteiger partial charge on any atom is -0.388 e. The summed E-state index contributed by atoms with van der Waals surface area (Å²) < 4.78 is 12.5. The standard InChI is InChI=1S/C17H31NO2S/c1-3-7-16(17(19)10-11-18)12-14(2)21(20)13-15-8-5-4-6-9-15/h3,7,12,14-15,17,19H,4-6,8-11,13,18H2,1-2H3/b7-3-,16-12+. The Morgan fingerprint density at radius 1 is 1.38 bits per heavy atom. The van der Waals surface area contributed by atoms with Gasteiger partial charge in [0.15, 0.2) is 0 Å². The second-order valence-electron chi connectivity index (χ2n) is 6.02. The molecule has 0 aromatic heterocycles. The fraction of sp³-hybridized carbons (Fsp3) is 0.765. The van der Waals surface area contributed by atoms with E-state index in [-0.39, 0.29) is 5.25 Å². The smallest absolute Gasteiger partial charge is 0.0799 e. The van der Waals surface area contributed by atoms with E-state index in [1.54, 1.807) is 0 Å². The number of hydrogen-bond donors (Lipinski definition) is 2. The topological polar surface area (TPSA) is 63.3 Å². The van der Waals surface area contributed by atoms with Gasteiger partial charge < -0.3 is 10.8 Å². The molecule has 0 heterocycles. The van der Waals surface area contributed by atoms with Crippen LogP contribution in [-0.2, 0) is 10.8 Å². The van der Waals surface area contributed by atoms with Crippen LogP contribution in [0.25, 0.3) is 0 Å². The van der Waals surface area contributed by atoms with Gasteiger partial charge in [0.25, 0.3) is 0 Å². The lowest BCUT2D eigenvalue weighted by atomic mass is 9.91. The molecule has 4 heteroatoms. The van der Waals surface area contributed by atoms with Crippen molar-refractivity contribution in [3.63, 3.8) is 0 Å². The largest absolute Gasteiger partial charge is 0.388 e. The lowest BCUT2D eigenvalue weighted by Gasteiger charge is -2.22. The number of hydrogen-bond acceptors (Lipinski definition) is 3. The van der Waals surface area contributed by atoms with Crippen molar-refractivity contribution in [3.8, 4) is 0 Å². The van der Waals surface area contributed by atoms with Gasteiger partial charge in [-0.25, -0.2) is 0 Å². The average molecular weight is 314 g/mol. The Balaban J connectivity index is 2.62. The van der Waals surface area contributed by atoms with Crippen molar-refractivity contribution in [1.82, 2.24) is 0 Å². The first-order valence-electron chi connectivity index (χ1n) is 8.18. The molecule has 1 aliphatic carbocycles. The first-order valence-corrected chi connectivity index (χ1v) is 9.56. The molecule has 1 saturated carbocycles. The van der Waals surface area contributed by atoms with Crippen LogP contribution in [-0.4, -0.2) is 33.0 Å². The highest BCUT2D eigenvalue weighted by Gasteiger charge is 2.19. The molecule has 0 saturated heterocycles. The second kappa shape index (κ2) is 10.3. The van der Waals surface area contributed by atoms with E-state index in [0.717, 1.165) is 11.3 Å². The lowest BCUT2D eigenvalue weighted by molar-refractivity contribution is 0.206. The molecule has 0 bridgehead atoms. The third kappa shape index (κ3) is 6.90. The molecule has 3 N–H and O–H groups in total. The molecule has 3 atom stereocenters. The number of nitrogens with two attached hydrogens (primary N) is 1. The van der Waals surface area contributed by atoms with Gasteiger partial charge in [-0.3, -0.25) is 4.21 Å². The Morgan fingerprint density at radius 3 is 2.62 bits per heavy atom. The molecule has 0 radical (unpaired) electrons. The number of aliphatic hydroxyl groups is 1. The van der Waals surface area contributed by atoms with E-state index in [2.05, 4.69) is 0 Å². The van der Waals surface area contributed by atoms with Gasteiger partial charge in [0.2, 0.25) is 0 Å². The Labute approximate surface area is 132 Å². The van der Waals surface area contributed by atoms with Crippen molar-refractivity contribution in [2.75, 3.05) is 12.3 Å². The van der Waals surface area contributed by atoms with Gasteiger partial charge in [0.05, 0.1) is 11.4 Å². The van der Waals surface area contributed by atoms with E-state index in [1.165, 1.54) is 32.1 Å². The average Bonchev–Trinajstić information content (AvgIpc) is 2.48.